The Morgan fingerprint density at radius 1 is 1.19 bits per heavy atom. The first-order valence-electron chi connectivity index (χ1n) is 10.7. The van der Waals surface area contributed by atoms with E-state index in [2.05, 4.69) is 10.3 Å². The minimum atomic E-state index is -0.0451. The number of methoxy groups -OCH3 is 1. The molecule has 1 N–H and O–H groups in total. The minimum Gasteiger partial charge on any atom is -0.496 e. The van der Waals surface area contributed by atoms with E-state index in [1.807, 2.05) is 53.6 Å². The third-order valence-corrected chi connectivity index (χ3v) is 6.50. The molecule has 7 nitrogen and oxygen atoms in total. The number of carbonyl (C=O) groups excluding carboxylic acids is 2. The van der Waals surface area contributed by atoms with Crippen LogP contribution in [0.4, 0.5) is 0 Å². The van der Waals surface area contributed by atoms with Crippen LogP contribution in [0.1, 0.15) is 29.9 Å². The largest absolute Gasteiger partial charge is 0.496 e. The molecule has 0 spiro atoms. The second-order valence-corrected chi connectivity index (χ2v) is 8.80. The van der Waals surface area contributed by atoms with Gasteiger partial charge in [-0.2, -0.15) is 0 Å². The van der Waals surface area contributed by atoms with Gasteiger partial charge in [0.15, 0.2) is 10.8 Å². The average Bonchev–Trinajstić information content (AvgIpc) is 3.43. The number of furan rings is 1. The number of para-hydroxylation sites is 1. The van der Waals surface area contributed by atoms with E-state index in [1.165, 1.54) is 11.3 Å². The topological polar surface area (TPSA) is 84.7 Å². The van der Waals surface area contributed by atoms with Gasteiger partial charge in [0.2, 0.25) is 11.8 Å². The predicted octanol–water partition coefficient (Wildman–Crippen LogP) is 3.61. The van der Waals surface area contributed by atoms with Crippen LogP contribution >= 0.6 is 11.3 Å². The van der Waals surface area contributed by atoms with Crippen molar-refractivity contribution in [2.45, 2.75) is 38.6 Å². The van der Waals surface area contributed by atoms with E-state index < -0.39 is 0 Å². The fraction of sp³-hybridized carbons (Fsp3) is 0.375. The molecule has 3 heterocycles. The number of hydrogen-bond acceptors (Lipinski definition) is 6. The molecular formula is C24H27N3O4S. The maximum Gasteiger partial charge on any atom is 0.227 e. The molecule has 168 valence electrons. The normalized spacial score (nSPS) is 14.4. The van der Waals surface area contributed by atoms with Gasteiger partial charge in [0.1, 0.15) is 11.5 Å². The maximum atomic E-state index is 12.7. The number of benzene rings is 1. The van der Waals surface area contributed by atoms with Crippen molar-refractivity contribution in [1.82, 2.24) is 15.2 Å². The summed E-state index contributed by atoms with van der Waals surface area (Å²) in [5.74, 6) is 2.33. The van der Waals surface area contributed by atoms with Crippen LogP contribution in [0.5, 0.6) is 5.75 Å². The number of carbonyl (C=O) groups is 2. The number of hydrogen-bond donors (Lipinski definition) is 1. The van der Waals surface area contributed by atoms with Crippen molar-refractivity contribution in [2.75, 3.05) is 20.2 Å². The van der Waals surface area contributed by atoms with Gasteiger partial charge in [-0.15, -0.1) is 11.3 Å². The highest BCUT2D eigenvalue weighted by molar-refractivity contribution is 7.13. The van der Waals surface area contributed by atoms with Crippen LogP contribution in [0.15, 0.2) is 46.2 Å². The summed E-state index contributed by atoms with van der Waals surface area (Å²) < 4.78 is 10.9. The molecule has 4 rings (SSSR count). The molecule has 1 aliphatic rings. The van der Waals surface area contributed by atoms with Gasteiger partial charge >= 0.3 is 0 Å². The summed E-state index contributed by atoms with van der Waals surface area (Å²) in [5, 5.41) is 5.77. The van der Waals surface area contributed by atoms with E-state index in [-0.39, 0.29) is 24.3 Å². The highest BCUT2D eigenvalue weighted by atomic mass is 32.1. The molecule has 0 radical (unpaired) electrons. The average molecular weight is 454 g/mol. The van der Waals surface area contributed by atoms with E-state index in [0.717, 1.165) is 46.4 Å². The van der Waals surface area contributed by atoms with Crippen molar-refractivity contribution < 1.29 is 18.7 Å². The van der Waals surface area contributed by atoms with Gasteiger partial charge < -0.3 is 19.4 Å². The number of nitrogens with zero attached hydrogens (tertiary/aromatic N) is 2. The van der Waals surface area contributed by atoms with Gasteiger partial charge in [0.05, 0.1) is 25.6 Å². The summed E-state index contributed by atoms with van der Waals surface area (Å²) in [6.07, 6.45) is 2.06. The first kappa shape index (κ1) is 22.1. The lowest BCUT2D eigenvalue weighted by Gasteiger charge is -2.32. The predicted molar refractivity (Wildman–Crippen MR) is 123 cm³/mol. The Morgan fingerprint density at radius 2 is 1.97 bits per heavy atom. The van der Waals surface area contributed by atoms with Crippen LogP contribution in [-0.2, 0) is 22.4 Å². The number of likely N-dealkylation sites (tertiary alicyclic amines) is 1. The second kappa shape index (κ2) is 9.99. The summed E-state index contributed by atoms with van der Waals surface area (Å²) in [6, 6.07) is 11.5. The highest BCUT2D eigenvalue weighted by Crippen LogP contribution is 2.26. The van der Waals surface area contributed by atoms with Crippen LogP contribution in [0.25, 0.3) is 10.8 Å². The highest BCUT2D eigenvalue weighted by Gasteiger charge is 2.24. The standard InChI is InChI=1S/C24H27N3O4S/c1-16-7-8-21(31-16)24-26-19(15-32-24)14-22(28)25-18-9-11-27(12-10-18)23(29)13-17-5-3-4-6-20(17)30-2/h3-8,15,18H,9-14H2,1-2H3,(H,25,28). The van der Waals surface area contributed by atoms with Crippen molar-refractivity contribution in [1.29, 1.82) is 0 Å². The van der Waals surface area contributed by atoms with Crippen molar-refractivity contribution in [3.8, 4) is 16.5 Å². The number of aromatic nitrogens is 1. The lowest BCUT2D eigenvalue weighted by atomic mass is 10.0. The third-order valence-electron chi connectivity index (χ3n) is 5.59. The van der Waals surface area contributed by atoms with Crippen LogP contribution < -0.4 is 10.1 Å². The molecule has 1 aromatic carbocycles. The molecule has 2 aromatic heterocycles. The molecule has 8 heteroatoms. The lowest BCUT2D eigenvalue weighted by molar-refractivity contribution is -0.131. The Balaban J connectivity index is 1.24. The van der Waals surface area contributed by atoms with Crippen molar-refractivity contribution >= 4 is 23.2 Å². The number of thiazole rings is 1. The molecule has 0 aliphatic carbocycles. The fourth-order valence-corrected chi connectivity index (χ4v) is 4.67. The Bertz CT molecular complexity index is 1080. The summed E-state index contributed by atoms with van der Waals surface area (Å²) in [4.78, 5) is 31.6. The summed E-state index contributed by atoms with van der Waals surface area (Å²) in [7, 11) is 1.61. The Morgan fingerprint density at radius 3 is 2.69 bits per heavy atom. The van der Waals surface area contributed by atoms with Gasteiger partial charge in [0.25, 0.3) is 0 Å². The van der Waals surface area contributed by atoms with Crippen molar-refractivity contribution in [2.24, 2.45) is 0 Å². The van der Waals surface area contributed by atoms with Crippen LogP contribution in [0, 0.1) is 6.92 Å². The number of amides is 2. The van der Waals surface area contributed by atoms with Crippen LogP contribution in [0.3, 0.4) is 0 Å². The Labute approximate surface area is 191 Å². The molecule has 32 heavy (non-hydrogen) atoms. The summed E-state index contributed by atoms with van der Waals surface area (Å²) >= 11 is 1.47. The van der Waals surface area contributed by atoms with Gasteiger partial charge in [-0.25, -0.2) is 4.98 Å². The first-order valence-corrected chi connectivity index (χ1v) is 11.6. The zero-order valence-corrected chi connectivity index (χ0v) is 19.1. The lowest BCUT2D eigenvalue weighted by Crippen LogP contribution is -2.47. The van der Waals surface area contributed by atoms with Crippen LogP contribution in [0.2, 0.25) is 0 Å². The first-order chi connectivity index (χ1) is 15.5. The second-order valence-electron chi connectivity index (χ2n) is 7.94. The summed E-state index contributed by atoms with van der Waals surface area (Å²) in [6.45, 7) is 3.16. The van der Waals surface area contributed by atoms with E-state index >= 15 is 0 Å². The monoisotopic (exact) mass is 453 g/mol. The number of aryl methyl sites for hydroxylation is 1. The van der Waals surface area contributed by atoms with Gasteiger partial charge in [-0.1, -0.05) is 18.2 Å². The van der Waals surface area contributed by atoms with E-state index in [4.69, 9.17) is 9.15 Å². The van der Waals surface area contributed by atoms with Gasteiger partial charge in [-0.05, 0) is 38.0 Å². The molecule has 1 fully saturated rings. The smallest absolute Gasteiger partial charge is 0.227 e. The van der Waals surface area contributed by atoms with Crippen molar-refractivity contribution in [3.63, 3.8) is 0 Å². The number of piperidine rings is 1. The zero-order chi connectivity index (χ0) is 22.5. The molecule has 0 atom stereocenters. The van der Waals surface area contributed by atoms with Gasteiger partial charge in [0, 0.05) is 30.1 Å². The Hall–Kier alpha value is -3.13. The minimum absolute atomic E-state index is 0.0451. The molecule has 0 unspecified atom stereocenters. The molecule has 1 saturated heterocycles. The quantitative estimate of drug-likeness (QED) is 0.591. The Kier molecular flexibility index (Phi) is 6.90. The SMILES string of the molecule is COc1ccccc1CC(=O)N1CCC(NC(=O)Cc2csc(-c3ccc(C)o3)n2)CC1. The zero-order valence-electron chi connectivity index (χ0n) is 18.3. The summed E-state index contributed by atoms with van der Waals surface area (Å²) in [5.41, 5.74) is 1.63. The van der Waals surface area contributed by atoms with E-state index in [9.17, 15) is 9.59 Å². The molecular weight excluding hydrogens is 426 g/mol. The third kappa shape index (κ3) is 5.37. The molecule has 3 aromatic rings. The number of rotatable bonds is 7. The maximum absolute atomic E-state index is 12.7. The molecule has 0 bridgehead atoms. The van der Waals surface area contributed by atoms with E-state index in [0.29, 0.717) is 19.5 Å². The van der Waals surface area contributed by atoms with Crippen LogP contribution in [-0.4, -0.2) is 47.9 Å². The molecule has 0 saturated carbocycles. The van der Waals surface area contributed by atoms with E-state index in [1.54, 1.807) is 7.11 Å². The number of nitrogens with one attached hydrogen (secondary N) is 1. The molecule has 2 amide bonds. The van der Waals surface area contributed by atoms with Gasteiger partial charge in [-0.3, -0.25) is 9.59 Å². The molecule has 1 aliphatic heterocycles. The number of ether oxygens (including phenoxy) is 1. The van der Waals surface area contributed by atoms with Crippen molar-refractivity contribution in [3.05, 3.63) is 58.8 Å². The fourth-order valence-electron chi connectivity index (χ4n) is 3.89.